The van der Waals surface area contributed by atoms with Crippen molar-refractivity contribution < 1.29 is 14.0 Å². The largest absolute Gasteiger partial charge is 0.429 e. The van der Waals surface area contributed by atoms with Crippen LogP contribution < -0.4 is 5.32 Å². The maximum Gasteiger partial charge on any atom is 0.266 e. The average Bonchev–Trinajstić information content (AvgIpc) is 2.97. The van der Waals surface area contributed by atoms with Gasteiger partial charge in [0.15, 0.2) is 5.58 Å². The second-order valence-corrected chi connectivity index (χ2v) is 8.32. The zero-order chi connectivity index (χ0) is 18.9. The van der Waals surface area contributed by atoms with Crippen molar-refractivity contribution in [2.75, 3.05) is 19.6 Å². The molecule has 2 N–H and O–H groups in total. The minimum atomic E-state index is -0.400. The number of oxazole rings is 1. The molecule has 1 aliphatic heterocycles. The number of piperidine rings is 1. The second kappa shape index (κ2) is 7.23. The Bertz CT molecular complexity index is 878. The maximum absolute atomic E-state index is 12.9. The number of hydrogen-bond donors (Lipinski definition) is 2. The van der Waals surface area contributed by atoms with Crippen molar-refractivity contribution in [1.82, 2.24) is 15.2 Å². The van der Waals surface area contributed by atoms with Gasteiger partial charge in [-0.1, -0.05) is 20.8 Å². The smallest absolute Gasteiger partial charge is 0.266 e. The lowest BCUT2D eigenvalue weighted by atomic mass is 9.94. The molecule has 26 heavy (non-hydrogen) atoms. The lowest BCUT2D eigenvalue weighted by Gasteiger charge is -2.33. The number of nitrogens with one attached hydrogen (secondary N) is 2. The monoisotopic (exact) mass is 375 g/mol. The van der Waals surface area contributed by atoms with Crippen LogP contribution in [0, 0.1) is 16.2 Å². The lowest BCUT2D eigenvalue weighted by molar-refractivity contribution is -0.128. The first-order chi connectivity index (χ1) is 12.2. The van der Waals surface area contributed by atoms with E-state index < -0.39 is 5.41 Å². The number of aromatic nitrogens is 1. The molecule has 1 fully saturated rings. The number of carbonyl (C=O) groups excluding carboxylic acids is 2. The number of fused-ring (bicyclic) bond motifs is 1. The summed E-state index contributed by atoms with van der Waals surface area (Å²) >= 11 is 4.99. The highest BCUT2D eigenvalue weighted by Crippen LogP contribution is 2.21. The third kappa shape index (κ3) is 4.15. The normalized spacial score (nSPS) is 18.1. The van der Waals surface area contributed by atoms with E-state index in [1.807, 2.05) is 31.7 Å². The van der Waals surface area contributed by atoms with E-state index in [1.54, 1.807) is 12.1 Å². The molecule has 1 saturated heterocycles. The quantitative estimate of drug-likeness (QED) is 0.805. The van der Waals surface area contributed by atoms with Crippen molar-refractivity contribution in [1.29, 1.82) is 0 Å². The minimum absolute atomic E-state index is 0.0129. The van der Waals surface area contributed by atoms with E-state index in [9.17, 15) is 9.59 Å². The Morgan fingerprint density at radius 2 is 2.15 bits per heavy atom. The van der Waals surface area contributed by atoms with Gasteiger partial charge in [-0.2, -0.15) is 0 Å². The molecule has 1 unspecified atom stereocenters. The number of hydrogen-bond acceptors (Lipinski definition) is 4. The molecule has 0 saturated carbocycles. The molecule has 2 amide bonds. The van der Waals surface area contributed by atoms with E-state index in [2.05, 4.69) is 10.3 Å². The highest BCUT2D eigenvalue weighted by atomic mass is 32.1. The first-order valence-electron chi connectivity index (χ1n) is 8.94. The standard InChI is InChI=1S/C19H25N3O3S/c1-19(2,3)17(24)20-10-12-5-4-8-22(11-12)16(23)13-6-7-14-15(9-13)25-18(26)21-14/h6-7,9,12H,4-5,8,10-11H2,1-3H3,(H,20,24)(H,21,26). The Labute approximate surface area is 157 Å². The van der Waals surface area contributed by atoms with Gasteiger partial charge in [-0.3, -0.25) is 9.59 Å². The molecule has 1 atom stereocenters. The fourth-order valence-electron chi connectivity index (χ4n) is 3.18. The number of H-pyrrole nitrogens is 1. The van der Waals surface area contributed by atoms with Gasteiger partial charge in [0.1, 0.15) is 0 Å². The van der Waals surface area contributed by atoms with Gasteiger partial charge in [-0.25, -0.2) is 0 Å². The summed E-state index contributed by atoms with van der Waals surface area (Å²) in [5, 5.41) is 3.01. The van der Waals surface area contributed by atoms with E-state index >= 15 is 0 Å². The molecule has 0 radical (unpaired) electrons. The van der Waals surface area contributed by atoms with Crippen LogP contribution in [0.3, 0.4) is 0 Å². The molecule has 6 nitrogen and oxygen atoms in total. The number of carbonyl (C=O) groups is 2. The number of benzene rings is 1. The summed E-state index contributed by atoms with van der Waals surface area (Å²) in [6.07, 6.45) is 1.95. The molecule has 0 spiro atoms. The molecule has 2 heterocycles. The van der Waals surface area contributed by atoms with Gasteiger partial charge in [-0.15, -0.1) is 0 Å². The number of rotatable bonds is 3. The third-order valence-corrected chi connectivity index (χ3v) is 4.89. The van der Waals surface area contributed by atoms with Crippen LogP contribution in [-0.2, 0) is 4.79 Å². The van der Waals surface area contributed by atoms with Gasteiger partial charge in [0.05, 0.1) is 5.52 Å². The molecule has 140 valence electrons. The van der Waals surface area contributed by atoms with Gasteiger partial charge in [0.25, 0.3) is 10.7 Å². The first-order valence-corrected chi connectivity index (χ1v) is 9.35. The molecule has 7 heteroatoms. The van der Waals surface area contributed by atoms with Crippen molar-refractivity contribution in [3.63, 3.8) is 0 Å². The van der Waals surface area contributed by atoms with Gasteiger partial charge < -0.3 is 19.6 Å². The molecule has 3 rings (SSSR count). The van der Waals surface area contributed by atoms with E-state index in [0.717, 1.165) is 24.9 Å². The summed E-state index contributed by atoms with van der Waals surface area (Å²) in [5.74, 6) is 0.306. The topological polar surface area (TPSA) is 78.3 Å². The number of aromatic amines is 1. The molecular formula is C19H25N3O3S. The zero-order valence-electron chi connectivity index (χ0n) is 15.4. The van der Waals surface area contributed by atoms with E-state index in [4.69, 9.17) is 16.6 Å². The van der Waals surface area contributed by atoms with Gasteiger partial charge in [-0.05, 0) is 49.2 Å². The van der Waals surface area contributed by atoms with Gasteiger partial charge >= 0.3 is 0 Å². The Morgan fingerprint density at radius 3 is 2.88 bits per heavy atom. The first kappa shape index (κ1) is 18.6. The van der Waals surface area contributed by atoms with Crippen molar-refractivity contribution in [3.8, 4) is 0 Å². The Kier molecular flexibility index (Phi) is 5.18. The van der Waals surface area contributed by atoms with Crippen LogP contribution in [0.15, 0.2) is 22.6 Å². The third-order valence-electron chi connectivity index (χ3n) is 4.71. The summed E-state index contributed by atoms with van der Waals surface area (Å²) in [6, 6.07) is 5.33. The van der Waals surface area contributed by atoms with Crippen molar-refractivity contribution >= 4 is 35.1 Å². The molecule has 0 aliphatic carbocycles. The van der Waals surface area contributed by atoms with Gasteiger partial charge in [0, 0.05) is 30.6 Å². The SMILES string of the molecule is CC(C)(C)C(=O)NCC1CCCN(C(=O)c2ccc3[nH]c(=S)oc3c2)C1. The highest BCUT2D eigenvalue weighted by Gasteiger charge is 2.27. The highest BCUT2D eigenvalue weighted by molar-refractivity contribution is 7.71. The van der Waals surface area contributed by atoms with Crippen LogP contribution in [0.1, 0.15) is 44.0 Å². The number of nitrogens with zero attached hydrogens (tertiary/aromatic N) is 1. The lowest BCUT2D eigenvalue weighted by Crippen LogP contribution is -2.45. The summed E-state index contributed by atoms with van der Waals surface area (Å²) in [7, 11) is 0. The maximum atomic E-state index is 12.9. The van der Waals surface area contributed by atoms with E-state index in [1.165, 1.54) is 0 Å². The molecule has 0 bridgehead atoms. The number of amides is 2. The summed E-state index contributed by atoms with van der Waals surface area (Å²) in [6.45, 7) is 7.68. The van der Waals surface area contributed by atoms with E-state index in [-0.39, 0.29) is 17.7 Å². The summed E-state index contributed by atoms with van der Waals surface area (Å²) < 4.78 is 5.40. The zero-order valence-corrected chi connectivity index (χ0v) is 16.2. The predicted molar refractivity (Wildman–Crippen MR) is 102 cm³/mol. The molecular weight excluding hydrogens is 350 g/mol. The van der Waals surface area contributed by atoms with Crippen molar-refractivity contribution in [2.24, 2.45) is 11.3 Å². The number of likely N-dealkylation sites (tertiary alicyclic amines) is 1. The molecule has 2 aromatic rings. The van der Waals surface area contributed by atoms with Crippen LogP contribution in [-0.4, -0.2) is 41.3 Å². The van der Waals surface area contributed by atoms with E-state index in [0.29, 0.717) is 29.1 Å². The van der Waals surface area contributed by atoms with Crippen molar-refractivity contribution in [2.45, 2.75) is 33.6 Å². The van der Waals surface area contributed by atoms with Crippen LogP contribution in [0.4, 0.5) is 0 Å². The fourth-order valence-corrected chi connectivity index (χ4v) is 3.38. The Morgan fingerprint density at radius 1 is 1.38 bits per heavy atom. The molecule has 1 aromatic carbocycles. The average molecular weight is 375 g/mol. The molecule has 1 aromatic heterocycles. The predicted octanol–water partition coefficient (Wildman–Crippen LogP) is 3.50. The summed E-state index contributed by atoms with van der Waals surface area (Å²) in [5.41, 5.74) is 1.57. The van der Waals surface area contributed by atoms with Crippen LogP contribution in [0.2, 0.25) is 0 Å². The fraction of sp³-hybridized carbons (Fsp3) is 0.526. The van der Waals surface area contributed by atoms with Crippen LogP contribution >= 0.6 is 12.2 Å². The molecule has 1 aliphatic rings. The van der Waals surface area contributed by atoms with Crippen LogP contribution in [0.5, 0.6) is 0 Å². The Hall–Kier alpha value is -2.15. The minimum Gasteiger partial charge on any atom is -0.429 e. The van der Waals surface area contributed by atoms with Crippen LogP contribution in [0.25, 0.3) is 11.1 Å². The Balaban J connectivity index is 1.65. The second-order valence-electron chi connectivity index (χ2n) is 7.94. The summed E-state index contributed by atoms with van der Waals surface area (Å²) in [4.78, 5) is 30.0. The van der Waals surface area contributed by atoms with Crippen molar-refractivity contribution in [3.05, 3.63) is 28.6 Å². The van der Waals surface area contributed by atoms with Gasteiger partial charge in [0.2, 0.25) is 5.91 Å².